The lowest BCUT2D eigenvalue weighted by Crippen LogP contribution is -2.26. The largest absolute Gasteiger partial charge is 0.489 e. The molecule has 1 aromatic rings. The van der Waals surface area contributed by atoms with Gasteiger partial charge in [0.15, 0.2) is 0 Å². The fourth-order valence-corrected chi connectivity index (χ4v) is 2.28. The van der Waals surface area contributed by atoms with E-state index in [1.54, 1.807) is 0 Å². The van der Waals surface area contributed by atoms with Gasteiger partial charge in [-0.25, -0.2) is 0 Å². The third-order valence-corrected chi connectivity index (χ3v) is 3.39. The van der Waals surface area contributed by atoms with Crippen LogP contribution in [0.3, 0.4) is 0 Å². The van der Waals surface area contributed by atoms with Crippen LogP contribution in [-0.2, 0) is 0 Å². The Balaban J connectivity index is 2.15. The molecule has 0 saturated heterocycles. The van der Waals surface area contributed by atoms with E-state index in [9.17, 15) is 0 Å². The molecule has 1 fully saturated rings. The molecule has 3 nitrogen and oxygen atoms in total. The quantitative estimate of drug-likeness (QED) is 0.762. The van der Waals surface area contributed by atoms with Crippen molar-refractivity contribution in [3.05, 3.63) is 18.2 Å². The summed E-state index contributed by atoms with van der Waals surface area (Å²) in [5, 5.41) is 0. The highest BCUT2D eigenvalue weighted by atomic mass is 16.5. The van der Waals surface area contributed by atoms with E-state index < -0.39 is 0 Å². The molecule has 3 heteroatoms. The molecule has 1 aliphatic carbocycles. The van der Waals surface area contributed by atoms with E-state index >= 15 is 0 Å². The maximum atomic E-state index is 5.98. The molecule has 0 heterocycles. The van der Waals surface area contributed by atoms with Gasteiger partial charge in [-0.1, -0.05) is 6.92 Å². The third-order valence-electron chi connectivity index (χ3n) is 3.39. The van der Waals surface area contributed by atoms with Crippen LogP contribution in [-0.4, -0.2) is 19.2 Å². The van der Waals surface area contributed by atoms with Gasteiger partial charge in [-0.05, 0) is 51.2 Å². The second-order valence-corrected chi connectivity index (χ2v) is 5.78. The molecule has 0 aliphatic heterocycles. The number of rotatable bonds is 7. The molecule has 19 heavy (non-hydrogen) atoms. The predicted octanol–water partition coefficient (Wildman–Crippen LogP) is 3.68. The zero-order valence-corrected chi connectivity index (χ0v) is 12.4. The Kier molecular flexibility index (Phi) is 4.56. The molecule has 0 spiro atoms. The monoisotopic (exact) mass is 262 g/mol. The summed E-state index contributed by atoms with van der Waals surface area (Å²) in [6.45, 7) is 8.55. The summed E-state index contributed by atoms with van der Waals surface area (Å²) in [4.78, 5) is 2.46. The molecule has 1 aliphatic rings. The molecule has 0 amide bonds. The van der Waals surface area contributed by atoms with Gasteiger partial charge in [0, 0.05) is 24.8 Å². The minimum Gasteiger partial charge on any atom is -0.489 e. The first-order valence-corrected chi connectivity index (χ1v) is 7.41. The van der Waals surface area contributed by atoms with Gasteiger partial charge in [-0.2, -0.15) is 0 Å². The fraction of sp³-hybridized carbons (Fsp3) is 0.625. The number of nitrogens with zero attached hydrogens (tertiary/aromatic N) is 1. The number of anilines is 2. The maximum Gasteiger partial charge on any atom is 0.144 e. The van der Waals surface area contributed by atoms with Crippen LogP contribution in [0.15, 0.2) is 18.2 Å². The summed E-state index contributed by atoms with van der Waals surface area (Å²) in [5.74, 6) is 1.70. The topological polar surface area (TPSA) is 38.5 Å². The van der Waals surface area contributed by atoms with Gasteiger partial charge >= 0.3 is 0 Å². The number of hydrogen-bond donors (Lipinski definition) is 1. The van der Waals surface area contributed by atoms with Crippen molar-refractivity contribution in [2.75, 3.05) is 23.7 Å². The zero-order valence-electron chi connectivity index (χ0n) is 12.4. The van der Waals surface area contributed by atoms with E-state index in [0.29, 0.717) is 0 Å². The molecular formula is C16H26N2O. The molecule has 0 bridgehead atoms. The first kappa shape index (κ1) is 14.0. The van der Waals surface area contributed by atoms with Crippen LogP contribution in [0.4, 0.5) is 11.4 Å². The van der Waals surface area contributed by atoms with Crippen LogP contribution >= 0.6 is 0 Å². The number of hydrogen-bond acceptors (Lipinski definition) is 3. The molecule has 1 saturated carbocycles. The van der Waals surface area contributed by atoms with Crippen molar-refractivity contribution < 1.29 is 4.74 Å². The molecule has 0 unspecified atom stereocenters. The summed E-state index contributed by atoms with van der Waals surface area (Å²) in [5.41, 5.74) is 7.94. The number of nitrogens with two attached hydrogens (primary N) is 1. The fourth-order valence-electron chi connectivity index (χ4n) is 2.28. The van der Waals surface area contributed by atoms with E-state index in [-0.39, 0.29) is 6.10 Å². The van der Waals surface area contributed by atoms with Crippen molar-refractivity contribution in [3.63, 3.8) is 0 Å². The molecule has 0 atom stereocenters. The Morgan fingerprint density at radius 1 is 1.37 bits per heavy atom. The van der Waals surface area contributed by atoms with E-state index in [0.717, 1.165) is 30.3 Å². The third kappa shape index (κ3) is 4.05. The lowest BCUT2D eigenvalue weighted by atomic mass is 10.2. The summed E-state index contributed by atoms with van der Waals surface area (Å²) < 4.78 is 5.78. The Hall–Kier alpha value is -1.38. The summed E-state index contributed by atoms with van der Waals surface area (Å²) in [6, 6.07) is 6.16. The van der Waals surface area contributed by atoms with Gasteiger partial charge in [0.2, 0.25) is 0 Å². The highest BCUT2D eigenvalue weighted by Crippen LogP contribution is 2.34. The van der Waals surface area contributed by atoms with Gasteiger partial charge in [-0.15, -0.1) is 0 Å². The molecule has 0 radical (unpaired) electrons. The van der Waals surface area contributed by atoms with Crippen molar-refractivity contribution in [3.8, 4) is 5.75 Å². The molecule has 2 rings (SSSR count). The predicted molar refractivity (Wildman–Crippen MR) is 81.8 cm³/mol. The Labute approximate surface area is 116 Å². The highest BCUT2D eigenvalue weighted by molar-refractivity contribution is 5.62. The summed E-state index contributed by atoms with van der Waals surface area (Å²) in [6.07, 6.45) is 4.08. The van der Waals surface area contributed by atoms with Crippen LogP contribution in [0, 0.1) is 5.92 Å². The van der Waals surface area contributed by atoms with E-state index in [1.807, 2.05) is 19.9 Å². The van der Waals surface area contributed by atoms with Gasteiger partial charge in [0.1, 0.15) is 5.75 Å². The Morgan fingerprint density at radius 2 is 2.11 bits per heavy atom. The second-order valence-electron chi connectivity index (χ2n) is 5.78. The van der Waals surface area contributed by atoms with E-state index in [2.05, 4.69) is 24.0 Å². The summed E-state index contributed by atoms with van der Waals surface area (Å²) >= 11 is 0. The van der Waals surface area contributed by atoms with Crippen LogP contribution in [0.25, 0.3) is 0 Å². The van der Waals surface area contributed by atoms with Gasteiger partial charge in [-0.3, -0.25) is 0 Å². The molecule has 0 aromatic heterocycles. The van der Waals surface area contributed by atoms with Crippen molar-refractivity contribution in [2.24, 2.45) is 5.92 Å². The average molecular weight is 262 g/mol. The Morgan fingerprint density at radius 3 is 2.68 bits per heavy atom. The zero-order chi connectivity index (χ0) is 13.8. The highest BCUT2D eigenvalue weighted by Gasteiger charge is 2.24. The second kappa shape index (κ2) is 6.18. The number of nitrogen functional groups attached to an aromatic ring is 1. The van der Waals surface area contributed by atoms with E-state index in [1.165, 1.54) is 25.1 Å². The SMILES string of the molecule is CCCN(CC1CC1)c1ccc(N)c(OC(C)C)c1. The lowest BCUT2D eigenvalue weighted by molar-refractivity contribution is 0.244. The molecule has 2 N–H and O–H groups in total. The van der Waals surface area contributed by atoms with Crippen molar-refractivity contribution >= 4 is 11.4 Å². The first-order valence-electron chi connectivity index (χ1n) is 7.41. The van der Waals surface area contributed by atoms with Crippen LogP contribution in [0.2, 0.25) is 0 Å². The normalized spacial score (nSPS) is 14.7. The number of ether oxygens (including phenoxy) is 1. The van der Waals surface area contributed by atoms with Crippen molar-refractivity contribution in [1.29, 1.82) is 0 Å². The van der Waals surface area contributed by atoms with Gasteiger partial charge in [0.25, 0.3) is 0 Å². The minimum absolute atomic E-state index is 0.153. The van der Waals surface area contributed by atoms with Crippen LogP contribution in [0.5, 0.6) is 5.75 Å². The van der Waals surface area contributed by atoms with E-state index in [4.69, 9.17) is 10.5 Å². The van der Waals surface area contributed by atoms with Crippen molar-refractivity contribution in [2.45, 2.75) is 46.1 Å². The number of benzene rings is 1. The van der Waals surface area contributed by atoms with Gasteiger partial charge < -0.3 is 15.4 Å². The van der Waals surface area contributed by atoms with Gasteiger partial charge in [0.05, 0.1) is 11.8 Å². The molecule has 106 valence electrons. The van der Waals surface area contributed by atoms with Crippen molar-refractivity contribution in [1.82, 2.24) is 0 Å². The lowest BCUT2D eigenvalue weighted by Gasteiger charge is -2.25. The smallest absolute Gasteiger partial charge is 0.144 e. The standard InChI is InChI=1S/C16H26N2O/c1-4-9-18(11-13-5-6-13)14-7-8-15(17)16(10-14)19-12(2)3/h7-8,10,12-13H,4-6,9,11,17H2,1-3H3. The Bertz CT molecular complexity index is 413. The molecule has 1 aromatic carbocycles. The van der Waals surface area contributed by atoms with Crippen LogP contribution in [0.1, 0.15) is 40.0 Å². The summed E-state index contributed by atoms with van der Waals surface area (Å²) in [7, 11) is 0. The average Bonchev–Trinajstić information content (AvgIpc) is 3.15. The van der Waals surface area contributed by atoms with Crippen LogP contribution < -0.4 is 15.4 Å². The first-order chi connectivity index (χ1) is 9.10. The molecular weight excluding hydrogens is 236 g/mol. The minimum atomic E-state index is 0.153. The maximum absolute atomic E-state index is 5.98.